The Hall–Kier alpha value is -0.920. The summed E-state index contributed by atoms with van der Waals surface area (Å²) in [6, 6.07) is 0. The lowest BCUT2D eigenvalue weighted by atomic mass is 9.86. The molecule has 1 aliphatic rings. The van der Waals surface area contributed by atoms with Crippen LogP contribution >= 0.6 is 0 Å². The Morgan fingerprint density at radius 1 is 1.70 bits per heavy atom. The zero-order valence-electron chi connectivity index (χ0n) is 5.91. The SMILES string of the molecule is CC1CC(=O)C=CC1C=O. The molecule has 1 aliphatic carbocycles. The van der Waals surface area contributed by atoms with E-state index in [0.29, 0.717) is 6.42 Å². The average Bonchev–Trinajstić information content (AvgIpc) is 1.88. The van der Waals surface area contributed by atoms with Crippen LogP contribution in [0.4, 0.5) is 0 Å². The molecule has 2 unspecified atom stereocenters. The second kappa shape index (κ2) is 2.78. The van der Waals surface area contributed by atoms with Gasteiger partial charge in [0, 0.05) is 12.3 Å². The summed E-state index contributed by atoms with van der Waals surface area (Å²) in [5.74, 6) is 0.276. The molecular formula is C8H10O2. The quantitative estimate of drug-likeness (QED) is 0.506. The predicted molar refractivity (Wildman–Crippen MR) is 37.5 cm³/mol. The Labute approximate surface area is 59.9 Å². The molecule has 0 aliphatic heterocycles. The Morgan fingerprint density at radius 3 is 2.90 bits per heavy atom. The summed E-state index contributed by atoms with van der Waals surface area (Å²) in [4.78, 5) is 21.0. The molecule has 0 aromatic carbocycles. The highest BCUT2D eigenvalue weighted by atomic mass is 16.1. The molecule has 0 heterocycles. The van der Waals surface area contributed by atoms with Crippen molar-refractivity contribution < 1.29 is 9.59 Å². The summed E-state index contributed by atoms with van der Waals surface area (Å²) < 4.78 is 0. The first-order valence-electron chi connectivity index (χ1n) is 3.40. The van der Waals surface area contributed by atoms with Crippen molar-refractivity contribution >= 4 is 12.1 Å². The van der Waals surface area contributed by atoms with Crippen molar-refractivity contribution in [1.82, 2.24) is 0 Å². The molecule has 2 atom stereocenters. The van der Waals surface area contributed by atoms with Gasteiger partial charge in [0.15, 0.2) is 5.78 Å². The Bertz CT molecular complexity index is 182. The maximum Gasteiger partial charge on any atom is 0.155 e. The molecule has 54 valence electrons. The van der Waals surface area contributed by atoms with Crippen LogP contribution in [0.1, 0.15) is 13.3 Å². The molecule has 0 fully saturated rings. The number of allylic oxidation sites excluding steroid dienone is 2. The molecule has 0 saturated carbocycles. The molecule has 0 radical (unpaired) electrons. The van der Waals surface area contributed by atoms with Crippen molar-refractivity contribution in [3.8, 4) is 0 Å². The van der Waals surface area contributed by atoms with Crippen molar-refractivity contribution in [2.75, 3.05) is 0 Å². The largest absolute Gasteiger partial charge is 0.303 e. The van der Waals surface area contributed by atoms with Gasteiger partial charge in [-0.25, -0.2) is 0 Å². The van der Waals surface area contributed by atoms with Gasteiger partial charge in [-0.15, -0.1) is 0 Å². The minimum Gasteiger partial charge on any atom is -0.303 e. The fraction of sp³-hybridized carbons (Fsp3) is 0.500. The topological polar surface area (TPSA) is 34.1 Å². The van der Waals surface area contributed by atoms with Crippen LogP contribution in [0.2, 0.25) is 0 Å². The monoisotopic (exact) mass is 138 g/mol. The van der Waals surface area contributed by atoms with Crippen molar-refractivity contribution in [3.63, 3.8) is 0 Å². The van der Waals surface area contributed by atoms with Gasteiger partial charge in [0.05, 0.1) is 0 Å². The summed E-state index contributed by atoms with van der Waals surface area (Å²) in [6.07, 6.45) is 4.59. The molecule has 0 aromatic heterocycles. The maximum atomic E-state index is 10.7. The lowest BCUT2D eigenvalue weighted by molar-refractivity contribution is -0.117. The molecule has 0 aromatic rings. The standard InChI is InChI=1S/C8H10O2/c1-6-4-8(10)3-2-7(6)5-9/h2-3,5-7H,4H2,1H3. The zero-order chi connectivity index (χ0) is 7.56. The highest BCUT2D eigenvalue weighted by Gasteiger charge is 2.20. The van der Waals surface area contributed by atoms with Crippen LogP contribution in [-0.4, -0.2) is 12.1 Å². The smallest absolute Gasteiger partial charge is 0.155 e. The summed E-state index contributed by atoms with van der Waals surface area (Å²) in [7, 11) is 0. The third-order valence-electron chi connectivity index (χ3n) is 1.84. The molecule has 0 amide bonds. The second-order valence-electron chi connectivity index (χ2n) is 2.72. The fourth-order valence-electron chi connectivity index (χ4n) is 1.11. The number of carbonyl (C=O) groups is 2. The van der Waals surface area contributed by atoms with E-state index in [1.807, 2.05) is 6.92 Å². The van der Waals surface area contributed by atoms with Gasteiger partial charge in [-0.2, -0.15) is 0 Å². The average molecular weight is 138 g/mol. The third kappa shape index (κ3) is 1.32. The van der Waals surface area contributed by atoms with Crippen LogP contribution in [-0.2, 0) is 9.59 Å². The molecule has 2 nitrogen and oxygen atoms in total. The van der Waals surface area contributed by atoms with Crippen molar-refractivity contribution in [2.24, 2.45) is 11.8 Å². The van der Waals surface area contributed by atoms with E-state index in [1.165, 1.54) is 6.08 Å². The number of carbonyl (C=O) groups excluding carboxylic acids is 2. The first-order valence-corrected chi connectivity index (χ1v) is 3.40. The van der Waals surface area contributed by atoms with E-state index < -0.39 is 0 Å². The van der Waals surface area contributed by atoms with E-state index >= 15 is 0 Å². The second-order valence-corrected chi connectivity index (χ2v) is 2.72. The van der Waals surface area contributed by atoms with Crippen LogP contribution in [0.15, 0.2) is 12.2 Å². The number of hydrogen-bond donors (Lipinski definition) is 0. The van der Waals surface area contributed by atoms with Gasteiger partial charge >= 0.3 is 0 Å². The molecule has 0 saturated heterocycles. The van der Waals surface area contributed by atoms with Gasteiger partial charge in [-0.05, 0) is 12.0 Å². The molecule has 0 spiro atoms. The number of ketones is 1. The molecule has 2 heteroatoms. The minimum atomic E-state index is -0.0438. The number of rotatable bonds is 1. The molecule has 0 N–H and O–H groups in total. The van der Waals surface area contributed by atoms with Gasteiger partial charge in [0.2, 0.25) is 0 Å². The summed E-state index contributed by atoms with van der Waals surface area (Å²) in [6.45, 7) is 1.92. The van der Waals surface area contributed by atoms with Crippen LogP contribution in [0.5, 0.6) is 0 Å². The lowest BCUT2D eigenvalue weighted by Crippen LogP contribution is -2.18. The Balaban J connectivity index is 2.71. The highest BCUT2D eigenvalue weighted by molar-refractivity contribution is 5.91. The van der Waals surface area contributed by atoms with E-state index in [2.05, 4.69) is 0 Å². The highest BCUT2D eigenvalue weighted by Crippen LogP contribution is 2.19. The van der Waals surface area contributed by atoms with Gasteiger partial charge in [0.1, 0.15) is 6.29 Å². The Morgan fingerprint density at radius 2 is 2.40 bits per heavy atom. The molecule has 0 bridgehead atoms. The predicted octanol–water partition coefficient (Wildman–Crippen LogP) is 0.967. The first kappa shape index (κ1) is 7.19. The van der Waals surface area contributed by atoms with E-state index in [1.54, 1.807) is 6.08 Å². The maximum absolute atomic E-state index is 10.7. The minimum absolute atomic E-state index is 0.0438. The number of hydrogen-bond acceptors (Lipinski definition) is 2. The Kier molecular flexibility index (Phi) is 2.00. The van der Waals surface area contributed by atoms with Crippen LogP contribution in [0.3, 0.4) is 0 Å². The van der Waals surface area contributed by atoms with Gasteiger partial charge in [-0.3, -0.25) is 4.79 Å². The van der Waals surface area contributed by atoms with E-state index in [9.17, 15) is 9.59 Å². The number of aldehydes is 1. The van der Waals surface area contributed by atoms with Crippen LogP contribution in [0, 0.1) is 11.8 Å². The summed E-state index contributed by atoms with van der Waals surface area (Å²) >= 11 is 0. The van der Waals surface area contributed by atoms with Crippen LogP contribution < -0.4 is 0 Å². The zero-order valence-corrected chi connectivity index (χ0v) is 5.91. The fourth-order valence-corrected chi connectivity index (χ4v) is 1.11. The molecule has 1 rings (SSSR count). The van der Waals surface area contributed by atoms with Gasteiger partial charge in [-0.1, -0.05) is 13.0 Å². The van der Waals surface area contributed by atoms with Crippen molar-refractivity contribution in [3.05, 3.63) is 12.2 Å². The first-order chi connectivity index (χ1) is 4.74. The molecule has 10 heavy (non-hydrogen) atoms. The normalized spacial score (nSPS) is 32.3. The van der Waals surface area contributed by atoms with Crippen LogP contribution in [0.25, 0.3) is 0 Å². The third-order valence-corrected chi connectivity index (χ3v) is 1.84. The molecular weight excluding hydrogens is 128 g/mol. The van der Waals surface area contributed by atoms with E-state index in [-0.39, 0.29) is 17.6 Å². The van der Waals surface area contributed by atoms with Gasteiger partial charge in [0.25, 0.3) is 0 Å². The van der Waals surface area contributed by atoms with E-state index in [0.717, 1.165) is 6.29 Å². The lowest BCUT2D eigenvalue weighted by Gasteiger charge is -2.17. The van der Waals surface area contributed by atoms with E-state index in [4.69, 9.17) is 0 Å². The van der Waals surface area contributed by atoms with Crippen molar-refractivity contribution in [1.29, 1.82) is 0 Å². The van der Waals surface area contributed by atoms with Crippen molar-refractivity contribution in [2.45, 2.75) is 13.3 Å². The summed E-state index contributed by atoms with van der Waals surface area (Å²) in [5.41, 5.74) is 0. The summed E-state index contributed by atoms with van der Waals surface area (Å²) in [5, 5.41) is 0. The van der Waals surface area contributed by atoms with Gasteiger partial charge < -0.3 is 4.79 Å².